The molecular formula is C12H25N3O2. The number of nitrogens with two attached hydrogens (primary N) is 2. The van der Waals surface area contributed by atoms with Crippen LogP contribution in [-0.2, 0) is 9.59 Å². The first-order chi connectivity index (χ1) is 8.06. The van der Waals surface area contributed by atoms with Crippen LogP contribution in [0.4, 0.5) is 0 Å². The summed E-state index contributed by atoms with van der Waals surface area (Å²) in [6.45, 7) is 4.96. The monoisotopic (exact) mass is 243 g/mol. The first kappa shape index (κ1) is 15.9. The normalized spacial score (nSPS) is 12.2. The van der Waals surface area contributed by atoms with Crippen molar-refractivity contribution in [3.05, 3.63) is 0 Å². The van der Waals surface area contributed by atoms with Crippen LogP contribution in [0.25, 0.3) is 0 Å². The maximum Gasteiger partial charge on any atom is 0.237 e. The Hall–Kier alpha value is -1.10. The van der Waals surface area contributed by atoms with Crippen LogP contribution in [-0.4, -0.2) is 36.3 Å². The van der Waals surface area contributed by atoms with E-state index in [-0.39, 0.29) is 18.4 Å². The molecule has 0 aliphatic carbocycles. The van der Waals surface area contributed by atoms with E-state index in [9.17, 15) is 9.59 Å². The lowest BCUT2D eigenvalue weighted by Gasteiger charge is -2.25. The first-order valence-electron chi connectivity index (χ1n) is 6.33. The number of hydrogen-bond acceptors (Lipinski definition) is 3. The van der Waals surface area contributed by atoms with E-state index in [0.29, 0.717) is 13.1 Å². The molecule has 5 nitrogen and oxygen atoms in total. The fraction of sp³-hybridized carbons (Fsp3) is 0.833. The third-order valence-electron chi connectivity index (χ3n) is 2.71. The molecule has 5 heteroatoms. The number of unbranched alkanes of at least 4 members (excludes halogenated alkanes) is 1. The average molecular weight is 243 g/mol. The van der Waals surface area contributed by atoms with E-state index in [4.69, 9.17) is 11.5 Å². The quantitative estimate of drug-likeness (QED) is 0.617. The molecule has 2 amide bonds. The number of carbonyl (C=O) groups excluding carboxylic acids is 2. The Balaban J connectivity index is 4.52. The lowest BCUT2D eigenvalue weighted by molar-refractivity contribution is -0.138. The molecule has 0 heterocycles. The molecule has 0 aromatic heterocycles. The zero-order chi connectivity index (χ0) is 13.3. The molecular weight excluding hydrogens is 218 g/mol. The Bertz CT molecular complexity index is 244. The van der Waals surface area contributed by atoms with E-state index in [1.54, 1.807) is 4.90 Å². The van der Waals surface area contributed by atoms with Crippen molar-refractivity contribution >= 4 is 11.8 Å². The number of nitrogens with zero attached hydrogens (tertiary/aromatic N) is 1. The minimum absolute atomic E-state index is 0.000945. The lowest BCUT2D eigenvalue weighted by Crippen LogP contribution is -2.44. The molecule has 100 valence electrons. The van der Waals surface area contributed by atoms with Gasteiger partial charge in [0.25, 0.3) is 0 Å². The standard InChI is InChI=1S/C12H25N3O2/c1-3-5-7-15(9-11(14)16)12(17)10(8-13)6-4-2/h10H,3-9,13H2,1-2H3,(H2,14,16). The predicted molar refractivity (Wildman–Crippen MR) is 68.1 cm³/mol. The fourth-order valence-electron chi connectivity index (χ4n) is 1.75. The fourth-order valence-corrected chi connectivity index (χ4v) is 1.75. The van der Waals surface area contributed by atoms with Crippen molar-refractivity contribution in [3.8, 4) is 0 Å². The molecule has 0 bridgehead atoms. The van der Waals surface area contributed by atoms with Crippen LogP contribution >= 0.6 is 0 Å². The molecule has 0 radical (unpaired) electrons. The van der Waals surface area contributed by atoms with Crippen molar-refractivity contribution in [1.29, 1.82) is 0 Å². The van der Waals surface area contributed by atoms with Gasteiger partial charge < -0.3 is 16.4 Å². The maximum absolute atomic E-state index is 12.1. The second kappa shape index (κ2) is 8.98. The van der Waals surface area contributed by atoms with Crippen LogP contribution in [0.1, 0.15) is 39.5 Å². The Morgan fingerprint density at radius 2 is 1.88 bits per heavy atom. The number of amides is 2. The van der Waals surface area contributed by atoms with Gasteiger partial charge in [0.2, 0.25) is 11.8 Å². The van der Waals surface area contributed by atoms with Crippen molar-refractivity contribution in [2.24, 2.45) is 17.4 Å². The highest BCUT2D eigenvalue weighted by atomic mass is 16.2. The van der Waals surface area contributed by atoms with Gasteiger partial charge in [-0.25, -0.2) is 0 Å². The molecule has 0 aromatic rings. The van der Waals surface area contributed by atoms with E-state index in [1.165, 1.54) is 0 Å². The van der Waals surface area contributed by atoms with Gasteiger partial charge in [0, 0.05) is 13.1 Å². The van der Waals surface area contributed by atoms with E-state index in [1.807, 2.05) is 13.8 Å². The van der Waals surface area contributed by atoms with Crippen LogP contribution in [0.15, 0.2) is 0 Å². The highest BCUT2D eigenvalue weighted by Gasteiger charge is 2.23. The van der Waals surface area contributed by atoms with Crippen LogP contribution in [0.2, 0.25) is 0 Å². The average Bonchev–Trinajstić information content (AvgIpc) is 2.30. The highest BCUT2D eigenvalue weighted by Crippen LogP contribution is 2.10. The summed E-state index contributed by atoms with van der Waals surface area (Å²) in [4.78, 5) is 24.6. The summed E-state index contributed by atoms with van der Waals surface area (Å²) < 4.78 is 0. The molecule has 0 aliphatic heterocycles. The van der Waals surface area contributed by atoms with Gasteiger partial charge in [0.15, 0.2) is 0 Å². The zero-order valence-corrected chi connectivity index (χ0v) is 10.9. The van der Waals surface area contributed by atoms with Gasteiger partial charge >= 0.3 is 0 Å². The summed E-state index contributed by atoms with van der Waals surface area (Å²) in [5, 5.41) is 0. The van der Waals surface area contributed by atoms with Gasteiger partial charge in [-0.1, -0.05) is 26.7 Å². The molecule has 0 aromatic carbocycles. The zero-order valence-electron chi connectivity index (χ0n) is 10.9. The third-order valence-corrected chi connectivity index (χ3v) is 2.71. The largest absolute Gasteiger partial charge is 0.368 e. The third kappa shape index (κ3) is 6.26. The van der Waals surface area contributed by atoms with Crippen LogP contribution in [0.3, 0.4) is 0 Å². The molecule has 4 N–H and O–H groups in total. The number of primary amides is 1. The second-order valence-corrected chi connectivity index (χ2v) is 4.30. The summed E-state index contributed by atoms with van der Waals surface area (Å²) >= 11 is 0. The van der Waals surface area contributed by atoms with E-state index >= 15 is 0 Å². The topological polar surface area (TPSA) is 89.4 Å². The smallest absolute Gasteiger partial charge is 0.237 e. The van der Waals surface area contributed by atoms with E-state index in [0.717, 1.165) is 25.7 Å². The maximum atomic E-state index is 12.1. The number of hydrogen-bond donors (Lipinski definition) is 2. The van der Waals surface area contributed by atoms with Crippen molar-refractivity contribution in [2.75, 3.05) is 19.6 Å². The Morgan fingerprint density at radius 3 is 2.29 bits per heavy atom. The molecule has 0 saturated carbocycles. The van der Waals surface area contributed by atoms with Crippen molar-refractivity contribution in [3.63, 3.8) is 0 Å². The first-order valence-corrected chi connectivity index (χ1v) is 6.33. The minimum atomic E-state index is -0.471. The summed E-state index contributed by atoms with van der Waals surface area (Å²) in [5.74, 6) is -0.695. The van der Waals surface area contributed by atoms with Crippen LogP contribution < -0.4 is 11.5 Å². The van der Waals surface area contributed by atoms with Gasteiger partial charge in [-0.15, -0.1) is 0 Å². The van der Waals surface area contributed by atoms with E-state index in [2.05, 4.69) is 0 Å². The van der Waals surface area contributed by atoms with Gasteiger partial charge in [-0.2, -0.15) is 0 Å². The van der Waals surface area contributed by atoms with Gasteiger partial charge in [-0.05, 0) is 12.8 Å². The molecule has 0 aliphatic rings. The molecule has 0 spiro atoms. The van der Waals surface area contributed by atoms with Crippen LogP contribution in [0.5, 0.6) is 0 Å². The molecule has 0 rings (SSSR count). The Labute approximate surface area is 104 Å². The minimum Gasteiger partial charge on any atom is -0.368 e. The number of carbonyl (C=O) groups is 2. The molecule has 0 fully saturated rings. The summed E-state index contributed by atoms with van der Waals surface area (Å²) in [5.41, 5.74) is 10.7. The molecule has 0 saturated heterocycles. The van der Waals surface area contributed by atoms with Gasteiger partial charge in [0.1, 0.15) is 0 Å². The van der Waals surface area contributed by atoms with Gasteiger partial charge in [-0.3, -0.25) is 9.59 Å². The summed E-state index contributed by atoms with van der Waals surface area (Å²) in [7, 11) is 0. The van der Waals surface area contributed by atoms with E-state index < -0.39 is 5.91 Å². The Morgan fingerprint density at radius 1 is 1.24 bits per heavy atom. The summed E-state index contributed by atoms with van der Waals surface area (Å²) in [6.07, 6.45) is 3.52. The van der Waals surface area contributed by atoms with Gasteiger partial charge in [0.05, 0.1) is 12.5 Å². The molecule has 1 unspecified atom stereocenters. The van der Waals surface area contributed by atoms with Crippen molar-refractivity contribution in [2.45, 2.75) is 39.5 Å². The second-order valence-electron chi connectivity index (χ2n) is 4.30. The lowest BCUT2D eigenvalue weighted by atomic mass is 10.0. The summed E-state index contributed by atoms with van der Waals surface area (Å²) in [6, 6.07) is 0. The van der Waals surface area contributed by atoms with Crippen molar-refractivity contribution < 1.29 is 9.59 Å². The molecule has 17 heavy (non-hydrogen) atoms. The SMILES string of the molecule is CCCCN(CC(N)=O)C(=O)C(CN)CCC. The highest BCUT2D eigenvalue weighted by molar-refractivity contribution is 5.85. The number of rotatable bonds is 9. The predicted octanol–water partition coefficient (Wildman–Crippen LogP) is 0.475. The van der Waals surface area contributed by atoms with Crippen LogP contribution in [0, 0.1) is 5.92 Å². The molecule has 1 atom stereocenters. The Kier molecular flexibility index (Phi) is 8.40. The van der Waals surface area contributed by atoms with Crippen molar-refractivity contribution in [1.82, 2.24) is 4.90 Å².